The fourth-order valence-electron chi connectivity index (χ4n) is 2.97. The van der Waals surface area contributed by atoms with Gasteiger partial charge in [-0.05, 0) is 5.41 Å². The predicted molar refractivity (Wildman–Crippen MR) is 115 cm³/mol. The second-order valence-electron chi connectivity index (χ2n) is 8.16. The van der Waals surface area contributed by atoms with E-state index in [2.05, 4.69) is 30.7 Å². The van der Waals surface area contributed by atoms with E-state index in [0.717, 1.165) is 4.57 Å². The van der Waals surface area contributed by atoms with E-state index in [0.29, 0.717) is 28.5 Å². The maximum Gasteiger partial charge on any atom is 0.332 e. The molecule has 3 rings (SSSR count). The molecule has 0 atom stereocenters. The van der Waals surface area contributed by atoms with Gasteiger partial charge >= 0.3 is 5.69 Å². The minimum absolute atomic E-state index is 0.0543. The first-order valence-electron chi connectivity index (χ1n) is 9.26. The summed E-state index contributed by atoms with van der Waals surface area (Å²) < 4.78 is 2.39. The molecular weight excluding hydrogens is 388 g/mol. The number of rotatable bonds is 5. The summed E-state index contributed by atoms with van der Waals surface area (Å²) in [5.74, 6) is 0.626. The second kappa shape index (κ2) is 7.94. The molecule has 0 unspecified atom stereocenters. The third kappa shape index (κ3) is 4.48. The maximum absolute atomic E-state index is 12.8. The van der Waals surface area contributed by atoms with E-state index in [1.54, 1.807) is 19.2 Å². The van der Waals surface area contributed by atoms with Crippen molar-refractivity contribution >= 4 is 28.6 Å². The molecule has 0 saturated carbocycles. The van der Waals surface area contributed by atoms with Crippen LogP contribution in [0.25, 0.3) is 11.0 Å². The van der Waals surface area contributed by atoms with Gasteiger partial charge in [0.2, 0.25) is 0 Å². The number of aromatic nitrogens is 4. The molecule has 0 aliphatic heterocycles. The van der Waals surface area contributed by atoms with E-state index in [1.165, 1.54) is 23.4 Å². The molecule has 0 N–H and O–H groups in total. The highest BCUT2D eigenvalue weighted by Crippen LogP contribution is 2.26. The number of carbonyl (C=O) groups excluding carboxylic acids is 1. The number of carbonyl (C=O) groups is 1. The van der Waals surface area contributed by atoms with Crippen LogP contribution in [0.3, 0.4) is 0 Å². The lowest BCUT2D eigenvalue weighted by molar-refractivity contribution is 0.102. The Kier molecular flexibility index (Phi) is 5.75. The molecule has 0 fully saturated rings. The van der Waals surface area contributed by atoms with Crippen LogP contribution in [0.2, 0.25) is 0 Å². The van der Waals surface area contributed by atoms with Crippen LogP contribution in [-0.4, -0.2) is 30.6 Å². The molecule has 29 heavy (non-hydrogen) atoms. The van der Waals surface area contributed by atoms with Gasteiger partial charge in [0.15, 0.2) is 11.4 Å². The summed E-state index contributed by atoms with van der Waals surface area (Å²) in [6, 6.07) is 8.99. The molecule has 0 aliphatic carbocycles. The molecule has 7 nitrogen and oxygen atoms in total. The first-order chi connectivity index (χ1) is 13.6. The summed E-state index contributed by atoms with van der Waals surface area (Å²) in [4.78, 5) is 46.8. The summed E-state index contributed by atoms with van der Waals surface area (Å²) in [5.41, 5.74) is -0.0801. The van der Waals surface area contributed by atoms with E-state index in [9.17, 15) is 14.4 Å². The maximum atomic E-state index is 12.8. The van der Waals surface area contributed by atoms with Gasteiger partial charge in [0.1, 0.15) is 16.2 Å². The number of benzene rings is 1. The van der Waals surface area contributed by atoms with Gasteiger partial charge in [0, 0.05) is 26.1 Å². The molecule has 0 spiro atoms. The van der Waals surface area contributed by atoms with E-state index in [-0.39, 0.29) is 22.3 Å². The minimum Gasteiger partial charge on any atom is -0.293 e. The number of aryl methyl sites for hydroxylation is 1. The van der Waals surface area contributed by atoms with Crippen molar-refractivity contribution in [3.8, 4) is 0 Å². The highest BCUT2D eigenvalue weighted by Gasteiger charge is 2.21. The monoisotopic (exact) mass is 412 g/mol. The quantitative estimate of drug-likeness (QED) is 0.364. The van der Waals surface area contributed by atoms with Gasteiger partial charge in [-0.2, -0.15) is 0 Å². The zero-order valence-corrected chi connectivity index (χ0v) is 18.0. The standard InChI is InChI=1S/C21H24N4O3S/c1-21(2,3)11-15-22-17-16(19(27)25(5)20(28)24(17)4)18(23-15)29-12-14(26)13-9-7-6-8-10-13/h6-10H,11-12H2,1-5H3. The van der Waals surface area contributed by atoms with Crippen LogP contribution in [0, 0.1) is 5.41 Å². The van der Waals surface area contributed by atoms with Gasteiger partial charge in [0.05, 0.1) is 5.75 Å². The first kappa shape index (κ1) is 21.0. The Morgan fingerprint density at radius 3 is 2.31 bits per heavy atom. The Morgan fingerprint density at radius 1 is 1.03 bits per heavy atom. The Morgan fingerprint density at radius 2 is 1.69 bits per heavy atom. The number of nitrogens with zero attached hydrogens (tertiary/aromatic N) is 4. The zero-order chi connectivity index (χ0) is 21.3. The van der Waals surface area contributed by atoms with Crippen molar-refractivity contribution in [1.82, 2.24) is 19.1 Å². The normalized spacial score (nSPS) is 11.8. The minimum atomic E-state index is -0.458. The van der Waals surface area contributed by atoms with Gasteiger partial charge in [0.25, 0.3) is 5.56 Å². The third-order valence-corrected chi connectivity index (χ3v) is 5.41. The Labute approximate surface area is 172 Å². The third-order valence-electron chi connectivity index (χ3n) is 4.44. The largest absolute Gasteiger partial charge is 0.332 e. The van der Waals surface area contributed by atoms with Crippen molar-refractivity contribution in [1.29, 1.82) is 0 Å². The highest BCUT2D eigenvalue weighted by molar-refractivity contribution is 8.00. The number of ketones is 1. The molecule has 0 saturated heterocycles. The Balaban J connectivity index is 2.11. The number of fused-ring (bicyclic) bond motifs is 1. The molecular formula is C21H24N4O3S. The molecule has 3 aromatic rings. The van der Waals surface area contributed by atoms with E-state index in [1.807, 2.05) is 18.2 Å². The fourth-order valence-corrected chi connectivity index (χ4v) is 3.90. The Hall–Kier alpha value is -2.74. The average molecular weight is 413 g/mol. The molecule has 152 valence electrons. The van der Waals surface area contributed by atoms with Crippen LogP contribution in [0.4, 0.5) is 0 Å². The van der Waals surface area contributed by atoms with Crippen LogP contribution >= 0.6 is 11.8 Å². The van der Waals surface area contributed by atoms with Gasteiger partial charge < -0.3 is 0 Å². The number of Topliss-reactive ketones (excluding diaryl/α,β-unsaturated/α-hetero) is 1. The Bertz CT molecular complexity index is 1190. The fraction of sp³-hybridized carbons (Fsp3) is 0.381. The molecule has 2 heterocycles. The highest BCUT2D eigenvalue weighted by atomic mass is 32.2. The number of thioether (sulfide) groups is 1. The van der Waals surface area contributed by atoms with Crippen LogP contribution in [0.1, 0.15) is 37.0 Å². The lowest BCUT2D eigenvalue weighted by Gasteiger charge is -2.18. The molecule has 0 radical (unpaired) electrons. The van der Waals surface area contributed by atoms with Gasteiger partial charge in [-0.3, -0.25) is 18.7 Å². The van der Waals surface area contributed by atoms with Gasteiger partial charge in [-0.25, -0.2) is 14.8 Å². The van der Waals surface area contributed by atoms with Crippen LogP contribution < -0.4 is 11.2 Å². The van der Waals surface area contributed by atoms with E-state index in [4.69, 9.17) is 0 Å². The topological polar surface area (TPSA) is 86.8 Å². The molecule has 0 amide bonds. The summed E-state index contributed by atoms with van der Waals surface area (Å²) in [6.45, 7) is 6.19. The average Bonchev–Trinajstić information content (AvgIpc) is 2.67. The SMILES string of the molecule is Cn1c(=O)c2c(SCC(=O)c3ccccc3)nc(CC(C)(C)C)nc2n(C)c1=O. The van der Waals surface area contributed by atoms with Crippen molar-refractivity contribution in [2.45, 2.75) is 32.2 Å². The summed E-state index contributed by atoms with van der Waals surface area (Å²) in [6.07, 6.45) is 0.576. The summed E-state index contributed by atoms with van der Waals surface area (Å²) >= 11 is 1.20. The van der Waals surface area contributed by atoms with Crippen LogP contribution in [0.15, 0.2) is 44.9 Å². The van der Waals surface area contributed by atoms with Crippen molar-refractivity contribution < 1.29 is 4.79 Å². The smallest absolute Gasteiger partial charge is 0.293 e. The lowest BCUT2D eigenvalue weighted by Crippen LogP contribution is -2.38. The van der Waals surface area contributed by atoms with Crippen LogP contribution in [0.5, 0.6) is 0 Å². The lowest BCUT2D eigenvalue weighted by atomic mass is 9.92. The van der Waals surface area contributed by atoms with Crippen molar-refractivity contribution in [3.63, 3.8) is 0 Å². The van der Waals surface area contributed by atoms with E-state index < -0.39 is 11.2 Å². The van der Waals surface area contributed by atoms with Gasteiger partial charge in [-0.1, -0.05) is 62.9 Å². The van der Waals surface area contributed by atoms with E-state index >= 15 is 0 Å². The zero-order valence-electron chi connectivity index (χ0n) is 17.2. The van der Waals surface area contributed by atoms with Crippen molar-refractivity contribution in [2.75, 3.05) is 5.75 Å². The van der Waals surface area contributed by atoms with Gasteiger partial charge in [-0.15, -0.1) is 0 Å². The van der Waals surface area contributed by atoms with Crippen molar-refractivity contribution in [2.24, 2.45) is 19.5 Å². The summed E-state index contributed by atoms with van der Waals surface area (Å²) in [7, 11) is 3.01. The van der Waals surface area contributed by atoms with Crippen molar-refractivity contribution in [3.05, 3.63) is 62.6 Å². The number of hydrogen-bond acceptors (Lipinski definition) is 6. The molecule has 0 aliphatic rings. The first-order valence-corrected chi connectivity index (χ1v) is 10.2. The van der Waals surface area contributed by atoms with Crippen LogP contribution in [-0.2, 0) is 20.5 Å². The molecule has 0 bridgehead atoms. The molecule has 8 heteroatoms. The number of hydrogen-bond donors (Lipinski definition) is 0. The molecule has 2 aromatic heterocycles. The summed E-state index contributed by atoms with van der Waals surface area (Å²) in [5, 5.41) is 0.688. The second-order valence-corrected chi connectivity index (χ2v) is 9.13. The molecule has 1 aromatic carbocycles. The predicted octanol–water partition coefficient (Wildman–Crippen LogP) is 2.59.